The molecule has 1 amide bonds. The molecule has 0 aliphatic rings. The highest BCUT2D eigenvalue weighted by Gasteiger charge is 2.08. The van der Waals surface area contributed by atoms with Gasteiger partial charge in [-0.15, -0.1) is 0 Å². The lowest BCUT2D eigenvalue weighted by atomic mass is 10.1. The molecule has 2 aromatic rings. The van der Waals surface area contributed by atoms with Gasteiger partial charge in [-0.1, -0.05) is 30.2 Å². The minimum absolute atomic E-state index is 0.206. The van der Waals surface area contributed by atoms with E-state index < -0.39 is 0 Å². The number of benzene rings is 1. The van der Waals surface area contributed by atoms with E-state index in [-0.39, 0.29) is 12.5 Å². The topological polar surface area (TPSA) is 62.2 Å². The van der Waals surface area contributed by atoms with Gasteiger partial charge in [-0.25, -0.2) is 4.98 Å². The zero-order valence-corrected chi connectivity index (χ0v) is 11.1. The van der Waals surface area contributed by atoms with E-state index in [1.807, 2.05) is 25.1 Å². The summed E-state index contributed by atoms with van der Waals surface area (Å²) in [5, 5.41) is 11.4. The van der Waals surface area contributed by atoms with E-state index in [0.717, 1.165) is 5.56 Å². The Labute approximate surface area is 117 Å². The molecule has 1 heterocycles. The van der Waals surface area contributed by atoms with Crippen LogP contribution in [-0.4, -0.2) is 22.6 Å². The Bertz CT molecular complexity index is 684. The standard InChI is InChI=1S/C16H14N2O2/c1-12-6-2-3-9-14(12)16(20)18-15-10-4-7-13(17-15)8-5-11-19/h2-4,6-7,9-10,19H,11H2,1H3,(H,17,18,20). The van der Waals surface area contributed by atoms with Crippen LogP contribution in [-0.2, 0) is 0 Å². The molecule has 1 aromatic heterocycles. The zero-order chi connectivity index (χ0) is 14.4. The Morgan fingerprint density at radius 2 is 2.05 bits per heavy atom. The van der Waals surface area contributed by atoms with Gasteiger partial charge in [-0.3, -0.25) is 4.79 Å². The summed E-state index contributed by atoms with van der Waals surface area (Å²) in [7, 11) is 0. The summed E-state index contributed by atoms with van der Waals surface area (Å²) in [6, 6.07) is 12.5. The number of nitrogens with zero attached hydrogens (tertiary/aromatic N) is 1. The Hall–Kier alpha value is -2.64. The van der Waals surface area contributed by atoms with Crippen molar-refractivity contribution < 1.29 is 9.90 Å². The summed E-state index contributed by atoms with van der Waals surface area (Å²) >= 11 is 0. The molecule has 2 rings (SSSR count). The highest BCUT2D eigenvalue weighted by Crippen LogP contribution is 2.11. The first-order valence-corrected chi connectivity index (χ1v) is 6.14. The highest BCUT2D eigenvalue weighted by atomic mass is 16.2. The number of aryl methyl sites for hydroxylation is 1. The fourth-order valence-electron chi connectivity index (χ4n) is 1.72. The molecule has 0 spiro atoms. The first-order valence-electron chi connectivity index (χ1n) is 6.14. The maximum Gasteiger partial charge on any atom is 0.257 e. The molecule has 1 aromatic carbocycles. The van der Waals surface area contributed by atoms with Gasteiger partial charge in [0.15, 0.2) is 0 Å². The molecule has 0 unspecified atom stereocenters. The van der Waals surface area contributed by atoms with Crippen molar-refractivity contribution in [1.29, 1.82) is 0 Å². The summed E-state index contributed by atoms with van der Waals surface area (Å²) < 4.78 is 0. The lowest BCUT2D eigenvalue weighted by Crippen LogP contribution is -2.14. The molecule has 0 bridgehead atoms. The second-order valence-electron chi connectivity index (χ2n) is 4.14. The van der Waals surface area contributed by atoms with Crippen molar-refractivity contribution in [3.05, 3.63) is 59.3 Å². The number of carbonyl (C=O) groups is 1. The average Bonchev–Trinajstić information content (AvgIpc) is 2.46. The quantitative estimate of drug-likeness (QED) is 0.817. The van der Waals surface area contributed by atoms with Crippen molar-refractivity contribution in [2.75, 3.05) is 11.9 Å². The van der Waals surface area contributed by atoms with E-state index in [0.29, 0.717) is 17.1 Å². The van der Waals surface area contributed by atoms with Crippen molar-refractivity contribution in [2.24, 2.45) is 0 Å². The minimum atomic E-state index is -0.221. The van der Waals surface area contributed by atoms with Gasteiger partial charge < -0.3 is 10.4 Å². The first kappa shape index (κ1) is 13.8. The van der Waals surface area contributed by atoms with E-state index in [2.05, 4.69) is 22.1 Å². The summed E-state index contributed by atoms with van der Waals surface area (Å²) in [6.07, 6.45) is 0. The summed E-state index contributed by atoms with van der Waals surface area (Å²) in [5.41, 5.74) is 2.02. The van der Waals surface area contributed by atoms with Crippen molar-refractivity contribution in [3.63, 3.8) is 0 Å². The lowest BCUT2D eigenvalue weighted by molar-refractivity contribution is 0.102. The van der Waals surface area contributed by atoms with Gasteiger partial charge in [-0.05, 0) is 36.6 Å². The second kappa shape index (κ2) is 6.50. The lowest BCUT2D eigenvalue weighted by Gasteiger charge is -2.06. The van der Waals surface area contributed by atoms with Crippen molar-refractivity contribution in [1.82, 2.24) is 4.98 Å². The van der Waals surface area contributed by atoms with Gasteiger partial charge >= 0.3 is 0 Å². The van der Waals surface area contributed by atoms with E-state index in [1.165, 1.54) is 0 Å². The van der Waals surface area contributed by atoms with Gasteiger partial charge in [0, 0.05) is 5.56 Å². The number of pyridine rings is 1. The number of aliphatic hydroxyl groups is 1. The largest absolute Gasteiger partial charge is 0.384 e. The van der Waals surface area contributed by atoms with Crippen molar-refractivity contribution >= 4 is 11.7 Å². The Balaban J connectivity index is 2.18. The fraction of sp³-hybridized carbons (Fsp3) is 0.125. The number of amides is 1. The van der Waals surface area contributed by atoms with Gasteiger partial charge in [0.05, 0.1) is 0 Å². The number of hydrogen-bond donors (Lipinski definition) is 2. The Morgan fingerprint density at radius 1 is 1.25 bits per heavy atom. The predicted molar refractivity (Wildman–Crippen MR) is 77.3 cm³/mol. The van der Waals surface area contributed by atoms with Crippen LogP contribution < -0.4 is 5.32 Å². The third-order valence-electron chi connectivity index (χ3n) is 2.68. The molecule has 0 fully saturated rings. The number of rotatable bonds is 2. The number of aromatic nitrogens is 1. The molecular formula is C16H14N2O2. The molecule has 0 atom stereocenters. The van der Waals surface area contributed by atoms with Crippen LogP contribution in [0.1, 0.15) is 21.6 Å². The van der Waals surface area contributed by atoms with Crippen LogP contribution in [0.4, 0.5) is 5.82 Å². The molecule has 0 radical (unpaired) electrons. The molecule has 2 N–H and O–H groups in total. The number of aliphatic hydroxyl groups excluding tert-OH is 1. The van der Waals surface area contributed by atoms with Crippen LogP contribution in [0.3, 0.4) is 0 Å². The van der Waals surface area contributed by atoms with Crippen LogP contribution >= 0.6 is 0 Å². The monoisotopic (exact) mass is 266 g/mol. The maximum atomic E-state index is 12.1. The van der Waals surface area contributed by atoms with Gasteiger partial charge in [0.1, 0.15) is 18.1 Å². The Kier molecular flexibility index (Phi) is 4.48. The third-order valence-corrected chi connectivity index (χ3v) is 2.68. The second-order valence-corrected chi connectivity index (χ2v) is 4.14. The number of hydrogen-bond acceptors (Lipinski definition) is 3. The molecule has 0 saturated heterocycles. The van der Waals surface area contributed by atoms with E-state index in [9.17, 15) is 4.79 Å². The Morgan fingerprint density at radius 3 is 2.80 bits per heavy atom. The van der Waals surface area contributed by atoms with Gasteiger partial charge in [0.25, 0.3) is 5.91 Å². The maximum absolute atomic E-state index is 12.1. The normalized spacial score (nSPS) is 9.50. The number of carbonyl (C=O) groups excluding carboxylic acids is 1. The third kappa shape index (κ3) is 3.44. The number of nitrogens with one attached hydrogen (secondary N) is 1. The van der Waals surface area contributed by atoms with Gasteiger partial charge in [-0.2, -0.15) is 0 Å². The van der Waals surface area contributed by atoms with Gasteiger partial charge in [0.2, 0.25) is 0 Å². The summed E-state index contributed by atoms with van der Waals surface area (Å²) in [6.45, 7) is 1.66. The van der Waals surface area contributed by atoms with E-state index in [4.69, 9.17) is 5.11 Å². The fourth-order valence-corrected chi connectivity index (χ4v) is 1.72. The van der Waals surface area contributed by atoms with Crippen LogP contribution in [0, 0.1) is 18.8 Å². The molecule has 4 nitrogen and oxygen atoms in total. The SMILES string of the molecule is Cc1ccccc1C(=O)Nc1cccc(C#CCO)n1. The first-order chi connectivity index (χ1) is 9.70. The zero-order valence-electron chi connectivity index (χ0n) is 11.1. The van der Waals surface area contributed by atoms with Crippen molar-refractivity contribution in [2.45, 2.75) is 6.92 Å². The molecule has 0 saturated carbocycles. The van der Waals surface area contributed by atoms with E-state index >= 15 is 0 Å². The van der Waals surface area contributed by atoms with Crippen LogP contribution in [0.15, 0.2) is 42.5 Å². The predicted octanol–water partition coefficient (Wildman–Crippen LogP) is 1.99. The van der Waals surface area contributed by atoms with Crippen LogP contribution in [0.5, 0.6) is 0 Å². The average molecular weight is 266 g/mol. The molecule has 0 aliphatic carbocycles. The van der Waals surface area contributed by atoms with E-state index in [1.54, 1.807) is 24.3 Å². The molecule has 4 heteroatoms. The molecule has 100 valence electrons. The van der Waals surface area contributed by atoms with Crippen molar-refractivity contribution in [3.8, 4) is 11.8 Å². The van der Waals surface area contributed by atoms with Crippen LogP contribution in [0.2, 0.25) is 0 Å². The molecule has 0 aliphatic heterocycles. The minimum Gasteiger partial charge on any atom is -0.384 e. The summed E-state index contributed by atoms with van der Waals surface area (Å²) in [4.78, 5) is 16.3. The summed E-state index contributed by atoms with van der Waals surface area (Å²) in [5.74, 6) is 5.44. The van der Waals surface area contributed by atoms with Crippen LogP contribution in [0.25, 0.3) is 0 Å². The molecular weight excluding hydrogens is 252 g/mol. The number of anilines is 1. The highest BCUT2D eigenvalue weighted by molar-refractivity contribution is 6.04. The smallest absolute Gasteiger partial charge is 0.257 e. The molecule has 20 heavy (non-hydrogen) atoms.